The number of hydrogen-bond acceptors (Lipinski definition) is 5. The topological polar surface area (TPSA) is 59.1 Å². The van der Waals surface area contributed by atoms with Gasteiger partial charge in [-0.15, -0.1) is 11.3 Å². The summed E-state index contributed by atoms with van der Waals surface area (Å²) in [6.45, 7) is 6.52. The highest BCUT2D eigenvalue weighted by Crippen LogP contribution is 2.24. The molecule has 1 heterocycles. The summed E-state index contributed by atoms with van der Waals surface area (Å²) >= 11 is 5.01. The molecule has 1 aromatic heterocycles. The zero-order chi connectivity index (χ0) is 20.1. The van der Waals surface area contributed by atoms with Crippen LogP contribution in [0.2, 0.25) is 0 Å². The molecule has 28 heavy (non-hydrogen) atoms. The Morgan fingerprint density at radius 2 is 1.96 bits per heavy atom. The van der Waals surface area contributed by atoms with E-state index in [1.165, 1.54) is 0 Å². The second-order valence-electron chi connectivity index (χ2n) is 6.34. The standard InChI is InChI=1S/C21H22BrN3O2S/c1-4-27-18-10-7-16(20(26)11-18)12-23-25-19(13-28-21(25)24-14(2)3)15-5-8-17(22)9-6-15/h5-14,26H,4H2,1-3H3. The van der Waals surface area contributed by atoms with Crippen molar-refractivity contribution < 1.29 is 9.84 Å². The molecule has 3 rings (SSSR count). The number of nitrogens with zero attached hydrogens (tertiary/aromatic N) is 3. The zero-order valence-corrected chi connectivity index (χ0v) is 18.4. The van der Waals surface area contributed by atoms with Crippen LogP contribution in [-0.4, -0.2) is 28.6 Å². The van der Waals surface area contributed by atoms with Crippen LogP contribution in [0.25, 0.3) is 11.3 Å². The summed E-state index contributed by atoms with van der Waals surface area (Å²) in [7, 11) is 0. The van der Waals surface area contributed by atoms with Crippen molar-refractivity contribution in [2.75, 3.05) is 6.61 Å². The molecule has 146 valence electrons. The van der Waals surface area contributed by atoms with E-state index in [9.17, 15) is 5.11 Å². The molecule has 0 amide bonds. The molecule has 1 N–H and O–H groups in total. The molecule has 0 saturated heterocycles. The van der Waals surface area contributed by atoms with Crippen molar-refractivity contribution in [3.8, 4) is 22.8 Å². The Hall–Kier alpha value is -2.38. The number of aromatic hydroxyl groups is 1. The smallest absolute Gasteiger partial charge is 0.206 e. The molecule has 0 atom stereocenters. The maximum Gasteiger partial charge on any atom is 0.206 e. The van der Waals surface area contributed by atoms with Crippen LogP contribution in [0.1, 0.15) is 26.3 Å². The Balaban J connectivity index is 2.03. The van der Waals surface area contributed by atoms with E-state index in [2.05, 4.69) is 26.0 Å². The van der Waals surface area contributed by atoms with E-state index in [1.807, 2.05) is 61.2 Å². The van der Waals surface area contributed by atoms with Crippen LogP contribution in [0.5, 0.6) is 11.5 Å². The summed E-state index contributed by atoms with van der Waals surface area (Å²) in [4.78, 5) is 5.47. The van der Waals surface area contributed by atoms with Crippen LogP contribution in [0.3, 0.4) is 0 Å². The summed E-state index contributed by atoms with van der Waals surface area (Å²) in [5, 5.41) is 16.9. The lowest BCUT2D eigenvalue weighted by Gasteiger charge is -2.06. The Bertz CT molecular complexity index is 1040. The fourth-order valence-corrected chi connectivity index (χ4v) is 3.78. The van der Waals surface area contributed by atoms with Gasteiger partial charge in [0, 0.05) is 33.1 Å². The minimum absolute atomic E-state index is 0.123. The van der Waals surface area contributed by atoms with Gasteiger partial charge in [0.1, 0.15) is 11.5 Å². The Morgan fingerprint density at radius 3 is 2.61 bits per heavy atom. The third kappa shape index (κ3) is 4.91. The normalized spacial score (nSPS) is 12.2. The van der Waals surface area contributed by atoms with Gasteiger partial charge in [-0.2, -0.15) is 5.10 Å². The van der Waals surface area contributed by atoms with Gasteiger partial charge in [0.25, 0.3) is 0 Å². The van der Waals surface area contributed by atoms with Crippen molar-refractivity contribution in [2.24, 2.45) is 10.1 Å². The van der Waals surface area contributed by atoms with Gasteiger partial charge in [-0.05, 0) is 45.0 Å². The van der Waals surface area contributed by atoms with Crippen molar-refractivity contribution in [2.45, 2.75) is 26.8 Å². The van der Waals surface area contributed by atoms with Crippen LogP contribution in [-0.2, 0) is 0 Å². The van der Waals surface area contributed by atoms with Gasteiger partial charge in [0.2, 0.25) is 4.80 Å². The number of rotatable bonds is 6. The third-order valence-corrected chi connectivity index (χ3v) is 5.18. The molecule has 0 radical (unpaired) electrons. The molecule has 3 aromatic rings. The number of aromatic nitrogens is 1. The second-order valence-corrected chi connectivity index (χ2v) is 8.10. The first-order valence-electron chi connectivity index (χ1n) is 8.98. The molecule has 0 aliphatic carbocycles. The number of halogens is 1. The molecule has 7 heteroatoms. The number of hydrogen-bond donors (Lipinski definition) is 1. The summed E-state index contributed by atoms with van der Waals surface area (Å²) < 4.78 is 8.25. The van der Waals surface area contributed by atoms with Crippen LogP contribution in [0.15, 0.2) is 62.4 Å². The molecular weight excluding hydrogens is 438 g/mol. The average Bonchev–Trinajstić information content (AvgIpc) is 3.04. The number of phenols is 1. The molecular formula is C21H22BrN3O2S. The molecule has 0 saturated carbocycles. The lowest BCUT2D eigenvalue weighted by molar-refractivity contribution is 0.337. The first-order chi connectivity index (χ1) is 13.5. The van der Waals surface area contributed by atoms with E-state index in [-0.39, 0.29) is 11.8 Å². The van der Waals surface area contributed by atoms with Crippen LogP contribution < -0.4 is 9.54 Å². The van der Waals surface area contributed by atoms with Crippen molar-refractivity contribution >= 4 is 33.5 Å². The van der Waals surface area contributed by atoms with Gasteiger partial charge in [-0.25, -0.2) is 4.68 Å². The molecule has 0 bridgehead atoms. The lowest BCUT2D eigenvalue weighted by atomic mass is 10.2. The van der Waals surface area contributed by atoms with Gasteiger partial charge < -0.3 is 9.84 Å². The molecule has 0 aliphatic rings. The molecule has 0 aliphatic heterocycles. The summed E-state index contributed by atoms with van der Waals surface area (Å²) in [5.74, 6) is 0.754. The van der Waals surface area contributed by atoms with Crippen molar-refractivity contribution in [1.29, 1.82) is 0 Å². The summed E-state index contributed by atoms with van der Waals surface area (Å²) in [6.07, 6.45) is 1.64. The highest BCUT2D eigenvalue weighted by molar-refractivity contribution is 9.10. The van der Waals surface area contributed by atoms with E-state index < -0.39 is 0 Å². The highest BCUT2D eigenvalue weighted by Gasteiger charge is 2.09. The van der Waals surface area contributed by atoms with Gasteiger partial charge in [-0.3, -0.25) is 4.99 Å². The summed E-state index contributed by atoms with van der Waals surface area (Å²) in [5.41, 5.74) is 2.59. The zero-order valence-electron chi connectivity index (χ0n) is 16.0. The van der Waals surface area contributed by atoms with Gasteiger partial charge in [0.15, 0.2) is 0 Å². The van der Waals surface area contributed by atoms with Crippen molar-refractivity contribution in [3.05, 3.63) is 62.7 Å². The average molecular weight is 460 g/mol. The largest absolute Gasteiger partial charge is 0.507 e. The summed E-state index contributed by atoms with van der Waals surface area (Å²) in [6, 6.07) is 13.4. The Labute approximate surface area is 176 Å². The van der Waals surface area contributed by atoms with E-state index >= 15 is 0 Å². The van der Waals surface area contributed by atoms with Crippen molar-refractivity contribution in [1.82, 2.24) is 4.68 Å². The van der Waals surface area contributed by atoms with Crippen LogP contribution >= 0.6 is 27.3 Å². The van der Waals surface area contributed by atoms with E-state index in [4.69, 9.17) is 4.74 Å². The van der Waals surface area contributed by atoms with Crippen molar-refractivity contribution in [3.63, 3.8) is 0 Å². The molecule has 2 aromatic carbocycles. The Morgan fingerprint density at radius 1 is 1.21 bits per heavy atom. The SMILES string of the molecule is CCOc1ccc(C=Nn2c(-c3ccc(Br)cc3)csc2=NC(C)C)c(O)c1. The number of thiazole rings is 1. The molecule has 5 nitrogen and oxygen atoms in total. The second kappa shape index (κ2) is 9.21. The monoisotopic (exact) mass is 459 g/mol. The van der Waals surface area contributed by atoms with E-state index in [1.54, 1.807) is 29.7 Å². The highest BCUT2D eigenvalue weighted by atomic mass is 79.9. The van der Waals surface area contributed by atoms with Gasteiger partial charge >= 0.3 is 0 Å². The van der Waals surface area contributed by atoms with E-state index in [0.29, 0.717) is 17.9 Å². The fourth-order valence-electron chi connectivity index (χ4n) is 2.55. The Kier molecular flexibility index (Phi) is 6.70. The number of benzene rings is 2. The number of ether oxygens (including phenoxy) is 1. The van der Waals surface area contributed by atoms with Crippen LogP contribution in [0.4, 0.5) is 0 Å². The van der Waals surface area contributed by atoms with Crippen LogP contribution in [0, 0.1) is 0 Å². The number of phenolic OH excluding ortho intramolecular Hbond substituents is 1. The maximum atomic E-state index is 10.3. The van der Waals surface area contributed by atoms with Gasteiger partial charge in [-0.1, -0.05) is 28.1 Å². The quantitative estimate of drug-likeness (QED) is 0.510. The predicted molar refractivity (Wildman–Crippen MR) is 118 cm³/mol. The molecule has 0 unspecified atom stereocenters. The van der Waals surface area contributed by atoms with E-state index in [0.717, 1.165) is 20.5 Å². The predicted octanol–water partition coefficient (Wildman–Crippen LogP) is 5.27. The first kappa shape index (κ1) is 20.4. The van der Waals surface area contributed by atoms with Gasteiger partial charge in [0.05, 0.1) is 18.5 Å². The minimum Gasteiger partial charge on any atom is -0.507 e. The molecule has 0 fully saturated rings. The maximum absolute atomic E-state index is 10.3. The first-order valence-corrected chi connectivity index (χ1v) is 10.7. The third-order valence-electron chi connectivity index (χ3n) is 3.82. The molecule has 0 spiro atoms. The lowest BCUT2D eigenvalue weighted by Crippen LogP contribution is -2.14. The minimum atomic E-state index is 0.123. The fraction of sp³-hybridized carbons (Fsp3) is 0.238.